The number of carbonyl (C=O) groups is 2. The summed E-state index contributed by atoms with van der Waals surface area (Å²) >= 11 is 0. The topological polar surface area (TPSA) is 82.8 Å². The Hall–Kier alpha value is -2.63. The minimum absolute atomic E-state index is 0.0345. The average molecular weight is 346 g/mol. The Bertz CT molecular complexity index is 862. The van der Waals surface area contributed by atoms with Crippen LogP contribution in [0.2, 0.25) is 0 Å². The first kappa shape index (κ1) is 18.7. The Labute approximate surface area is 145 Å². The van der Waals surface area contributed by atoms with Crippen LogP contribution in [0, 0.1) is 13.8 Å². The summed E-state index contributed by atoms with van der Waals surface area (Å²) in [5.74, 6) is 0.0709. The molecule has 1 aromatic heterocycles. The number of fused-ring (bicyclic) bond motifs is 1. The molecular formula is C19H22O6. The van der Waals surface area contributed by atoms with E-state index < -0.39 is 5.63 Å². The van der Waals surface area contributed by atoms with E-state index in [1.165, 1.54) is 6.92 Å². The number of carbonyl (C=O) groups excluding carboxylic acids is 2. The number of Topliss-reactive ketones (excluding diaryl/α,β-unsaturated/α-hetero) is 1. The van der Waals surface area contributed by atoms with Crippen molar-refractivity contribution in [3.05, 3.63) is 39.2 Å². The first-order valence-corrected chi connectivity index (χ1v) is 8.18. The van der Waals surface area contributed by atoms with Gasteiger partial charge < -0.3 is 13.9 Å². The number of aryl methyl sites for hydroxylation is 2. The summed E-state index contributed by atoms with van der Waals surface area (Å²) in [4.78, 5) is 35.0. The average Bonchev–Trinajstić information content (AvgIpc) is 2.55. The molecule has 0 saturated heterocycles. The van der Waals surface area contributed by atoms with Gasteiger partial charge in [0, 0.05) is 22.9 Å². The van der Waals surface area contributed by atoms with Crippen molar-refractivity contribution in [2.45, 2.75) is 40.5 Å². The molecule has 0 radical (unpaired) electrons. The highest BCUT2D eigenvalue weighted by Gasteiger charge is 2.16. The quantitative estimate of drug-likeness (QED) is 0.566. The van der Waals surface area contributed by atoms with Crippen molar-refractivity contribution in [1.82, 2.24) is 0 Å². The Kier molecular flexibility index (Phi) is 5.96. The molecular weight excluding hydrogens is 324 g/mol. The molecule has 0 fully saturated rings. The molecule has 25 heavy (non-hydrogen) atoms. The lowest BCUT2D eigenvalue weighted by Crippen LogP contribution is -2.14. The molecule has 0 saturated carbocycles. The largest absolute Gasteiger partial charge is 0.485 e. The lowest BCUT2D eigenvalue weighted by Gasteiger charge is -2.12. The van der Waals surface area contributed by atoms with E-state index in [0.29, 0.717) is 29.1 Å². The summed E-state index contributed by atoms with van der Waals surface area (Å²) in [5.41, 5.74) is 1.87. The van der Waals surface area contributed by atoms with Gasteiger partial charge in [0.25, 0.3) is 0 Å². The maximum Gasteiger partial charge on any atom is 0.339 e. The molecule has 1 heterocycles. The van der Waals surface area contributed by atoms with Crippen molar-refractivity contribution in [2.75, 3.05) is 13.2 Å². The highest BCUT2D eigenvalue weighted by molar-refractivity contribution is 5.86. The van der Waals surface area contributed by atoms with Gasteiger partial charge >= 0.3 is 11.6 Å². The van der Waals surface area contributed by atoms with E-state index in [4.69, 9.17) is 13.9 Å². The fraction of sp³-hybridized carbons (Fsp3) is 0.421. The van der Waals surface area contributed by atoms with Gasteiger partial charge in [0.2, 0.25) is 0 Å². The Morgan fingerprint density at radius 3 is 2.52 bits per heavy atom. The Morgan fingerprint density at radius 2 is 1.88 bits per heavy atom. The summed E-state index contributed by atoms with van der Waals surface area (Å²) in [6.45, 7) is 7.06. The van der Waals surface area contributed by atoms with E-state index in [-0.39, 0.29) is 31.2 Å². The van der Waals surface area contributed by atoms with Crippen LogP contribution in [0.1, 0.15) is 37.0 Å². The van der Waals surface area contributed by atoms with Crippen molar-refractivity contribution in [3.63, 3.8) is 0 Å². The number of benzene rings is 1. The van der Waals surface area contributed by atoms with Gasteiger partial charge in [-0.25, -0.2) is 4.79 Å². The molecule has 0 unspecified atom stereocenters. The second-order valence-corrected chi connectivity index (χ2v) is 5.85. The molecule has 0 N–H and O–H groups in total. The van der Waals surface area contributed by atoms with E-state index in [1.54, 1.807) is 26.0 Å². The second-order valence-electron chi connectivity index (χ2n) is 5.85. The summed E-state index contributed by atoms with van der Waals surface area (Å²) < 4.78 is 15.8. The first-order valence-electron chi connectivity index (χ1n) is 8.18. The SMILES string of the molecule is CCOC(=O)CCc1c(C)c2ccc(OCC(C)=O)c(C)c2oc1=O. The van der Waals surface area contributed by atoms with Gasteiger partial charge in [-0.1, -0.05) is 0 Å². The molecule has 0 spiro atoms. The number of hydrogen-bond donors (Lipinski definition) is 0. The zero-order chi connectivity index (χ0) is 18.6. The van der Waals surface area contributed by atoms with E-state index >= 15 is 0 Å². The normalized spacial score (nSPS) is 10.7. The summed E-state index contributed by atoms with van der Waals surface area (Å²) in [7, 11) is 0. The van der Waals surface area contributed by atoms with Crippen LogP contribution in [-0.2, 0) is 20.7 Å². The highest BCUT2D eigenvalue weighted by atomic mass is 16.5. The smallest absolute Gasteiger partial charge is 0.339 e. The summed E-state index contributed by atoms with van der Waals surface area (Å²) in [6, 6.07) is 3.55. The van der Waals surface area contributed by atoms with Crippen LogP contribution >= 0.6 is 0 Å². The Balaban J connectivity index is 2.39. The van der Waals surface area contributed by atoms with E-state index in [2.05, 4.69) is 0 Å². The van der Waals surface area contributed by atoms with Crippen LogP contribution in [0.5, 0.6) is 5.75 Å². The van der Waals surface area contributed by atoms with Crippen LogP contribution in [0.3, 0.4) is 0 Å². The van der Waals surface area contributed by atoms with Gasteiger partial charge in [0.1, 0.15) is 17.9 Å². The third-order valence-corrected chi connectivity index (χ3v) is 3.97. The number of ether oxygens (including phenoxy) is 2. The van der Waals surface area contributed by atoms with Crippen LogP contribution in [-0.4, -0.2) is 25.0 Å². The third kappa shape index (κ3) is 4.26. The van der Waals surface area contributed by atoms with Gasteiger partial charge in [-0.3, -0.25) is 9.59 Å². The minimum atomic E-state index is -0.471. The molecule has 0 aliphatic carbocycles. The monoisotopic (exact) mass is 346 g/mol. The van der Waals surface area contributed by atoms with Crippen molar-refractivity contribution in [2.24, 2.45) is 0 Å². The molecule has 6 nitrogen and oxygen atoms in total. The molecule has 2 aromatic rings. The molecule has 1 aromatic carbocycles. The molecule has 0 amide bonds. The van der Waals surface area contributed by atoms with Crippen molar-refractivity contribution >= 4 is 22.7 Å². The van der Waals surface area contributed by atoms with Gasteiger partial charge in [-0.05, 0) is 51.8 Å². The Morgan fingerprint density at radius 1 is 1.16 bits per heavy atom. The zero-order valence-corrected chi connectivity index (χ0v) is 14.9. The van der Waals surface area contributed by atoms with Crippen molar-refractivity contribution in [3.8, 4) is 5.75 Å². The number of hydrogen-bond acceptors (Lipinski definition) is 6. The summed E-state index contributed by atoms with van der Waals surface area (Å²) in [6.07, 6.45) is 0.397. The molecule has 0 aliphatic rings. The highest BCUT2D eigenvalue weighted by Crippen LogP contribution is 2.29. The molecule has 0 atom stereocenters. The lowest BCUT2D eigenvalue weighted by atomic mass is 10.0. The second kappa shape index (κ2) is 7.96. The third-order valence-electron chi connectivity index (χ3n) is 3.97. The summed E-state index contributed by atoms with van der Waals surface area (Å²) in [5, 5.41) is 0.783. The van der Waals surface area contributed by atoms with Crippen molar-refractivity contribution < 1.29 is 23.5 Å². The molecule has 0 bridgehead atoms. The minimum Gasteiger partial charge on any atom is -0.485 e. The standard InChI is InChI=1S/C19H22O6/c1-5-23-17(21)9-7-15-12(3)14-6-8-16(24-10-11(2)20)13(4)18(14)25-19(15)22/h6,8H,5,7,9-10H2,1-4H3. The molecule has 0 aliphatic heterocycles. The van der Waals surface area contributed by atoms with Gasteiger partial charge in [-0.2, -0.15) is 0 Å². The van der Waals surface area contributed by atoms with E-state index in [0.717, 1.165) is 10.9 Å². The maximum absolute atomic E-state index is 12.3. The van der Waals surface area contributed by atoms with Gasteiger partial charge in [0.15, 0.2) is 5.78 Å². The van der Waals surface area contributed by atoms with E-state index in [9.17, 15) is 14.4 Å². The maximum atomic E-state index is 12.3. The predicted molar refractivity (Wildman–Crippen MR) is 93.1 cm³/mol. The van der Waals surface area contributed by atoms with Gasteiger partial charge in [0.05, 0.1) is 6.61 Å². The van der Waals surface area contributed by atoms with Crippen LogP contribution < -0.4 is 10.4 Å². The fourth-order valence-corrected chi connectivity index (χ4v) is 2.66. The lowest BCUT2D eigenvalue weighted by molar-refractivity contribution is -0.143. The van der Waals surface area contributed by atoms with Crippen LogP contribution in [0.4, 0.5) is 0 Å². The van der Waals surface area contributed by atoms with Gasteiger partial charge in [-0.15, -0.1) is 0 Å². The first-order chi connectivity index (χ1) is 11.8. The van der Waals surface area contributed by atoms with Crippen LogP contribution in [0.25, 0.3) is 11.0 Å². The number of rotatable bonds is 7. The molecule has 6 heteroatoms. The fourth-order valence-electron chi connectivity index (χ4n) is 2.66. The predicted octanol–water partition coefficient (Wildman–Crippen LogP) is 2.87. The molecule has 2 rings (SSSR count). The number of esters is 1. The number of ketones is 1. The molecule has 134 valence electrons. The van der Waals surface area contributed by atoms with Crippen molar-refractivity contribution in [1.29, 1.82) is 0 Å². The van der Waals surface area contributed by atoms with Crippen LogP contribution in [0.15, 0.2) is 21.3 Å². The van der Waals surface area contributed by atoms with E-state index in [1.807, 2.05) is 6.92 Å². The zero-order valence-electron chi connectivity index (χ0n) is 14.9.